The summed E-state index contributed by atoms with van der Waals surface area (Å²) in [5.41, 5.74) is 7.99. The van der Waals surface area contributed by atoms with E-state index in [1.165, 1.54) is 5.56 Å². The molecule has 2 aromatic rings. The Morgan fingerprint density at radius 3 is 2.11 bits per heavy atom. The number of nitrogens with two attached hydrogens (primary N) is 1. The lowest BCUT2D eigenvalue weighted by atomic mass is 10.1. The van der Waals surface area contributed by atoms with Crippen LogP contribution in [0.3, 0.4) is 0 Å². The second-order valence-corrected chi connectivity index (χ2v) is 7.04. The predicted molar refractivity (Wildman–Crippen MR) is 105 cm³/mol. The fourth-order valence-electron chi connectivity index (χ4n) is 3.35. The summed E-state index contributed by atoms with van der Waals surface area (Å²) in [5.74, 6) is -0.686. The number of primary amides is 1. The van der Waals surface area contributed by atoms with Crippen LogP contribution in [0, 0.1) is 0 Å². The van der Waals surface area contributed by atoms with Gasteiger partial charge in [-0.2, -0.15) is 0 Å². The Balaban J connectivity index is 1.59. The molecule has 142 valence electrons. The van der Waals surface area contributed by atoms with Crippen LogP contribution in [0.1, 0.15) is 40.1 Å². The number of carbonyl (C=O) groups excluding carboxylic acids is 2. The number of rotatable bonds is 5. The molecule has 0 aromatic heterocycles. The molecule has 1 aliphatic rings. The van der Waals surface area contributed by atoms with Crippen LogP contribution < -0.4 is 11.1 Å². The minimum Gasteiger partial charge on any atom is -0.373 e. The highest BCUT2D eigenvalue weighted by molar-refractivity contribution is 6.04. The number of morpholine rings is 1. The zero-order valence-corrected chi connectivity index (χ0v) is 15.6. The van der Waals surface area contributed by atoms with Gasteiger partial charge in [-0.15, -0.1) is 0 Å². The van der Waals surface area contributed by atoms with E-state index in [0.29, 0.717) is 16.8 Å². The van der Waals surface area contributed by atoms with Gasteiger partial charge in [0, 0.05) is 36.4 Å². The molecule has 3 rings (SSSR count). The minimum atomic E-state index is -0.493. The molecule has 0 radical (unpaired) electrons. The molecule has 1 aliphatic heterocycles. The predicted octanol–water partition coefficient (Wildman–Crippen LogP) is 2.65. The summed E-state index contributed by atoms with van der Waals surface area (Å²) in [6, 6.07) is 14.1. The molecule has 1 fully saturated rings. The van der Waals surface area contributed by atoms with Gasteiger partial charge < -0.3 is 15.8 Å². The van der Waals surface area contributed by atoms with E-state index in [0.717, 1.165) is 19.6 Å². The lowest BCUT2D eigenvalue weighted by molar-refractivity contribution is -0.0704. The normalized spacial score (nSPS) is 20.2. The second kappa shape index (κ2) is 8.33. The molecule has 0 aliphatic carbocycles. The van der Waals surface area contributed by atoms with E-state index in [2.05, 4.69) is 24.1 Å². The van der Waals surface area contributed by atoms with Gasteiger partial charge in [-0.1, -0.05) is 12.1 Å². The highest BCUT2D eigenvalue weighted by Crippen LogP contribution is 2.16. The van der Waals surface area contributed by atoms with E-state index in [9.17, 15) is 9.59 Å². The number of nitrogens with zero attached hydrogens (tertiary/aromatic N) is 1. The lowest BCUT2D eigenvalue weighted by Crippen LogP contribution is -2.44. The van der Waals surface area contributed by atoms with Gasteiger partial charge in [0.2, 0.25) is 5.91 Å². The Kier molecular flexibility index (Phi) is 5.88. The Morgan fingerprint density at radius 2 is 1.56 bits per heavy atom. The number of benzene rings is 2. The molecule has 6 nitrogen and oxygen atoms in total. The van der Waals surface area contributed by atoms with Crippen LogP contribution in [0.2, 0.25) is 0 Å². The monoisotopic (exact) mass is 367 g/mol. The van der Waals surface area contributed by atoms with Gasteiger partial charge in [0.05, 0.1) is 12.2 Å². The van der Waals surface area contributed by atoms with Crippen molar-refractivity contribution in [1.29, 1.82) is 0 Å². The molecular weight excluding hydrogens is 342 g/mol. The molecular formula is C21H25N3O3. The van der Waals surface area contributed by atoms with Crippen LogP contribution in [0.5, 0.6) is 0 Å². The van der Waals surface area contributed by atoms with E-state index >= 15 is 0 Å². The number of anilines is 1. The van der Waals surface area contributed by atoms with Crippen LogP contribution >= 0.6 is 0 Å². The maximum atomic E-state index is 12.4. The summed E-state index contributed by atoms with van der Waals surface area (Å²) in [5, 5.41) is 2.82. The number of hydrogen-bond acceptors (Lipinski definition) is 4. The molecule has 3 N–H and O–H groups in total. The van der Waals surface area contributed by atoms with Gasteiger partial charge in [0.15, 0.2) is 0 Å². The number of carbonyl (C=O) groups is 2. The average Bonchev–Trinajstić information content (AvgIpc) is 2.62. The van der Waals surface area contributed by atoms with Gasteiger partial charge in [-0.3, -0.25) is 14.5 Å². The zero-order valence-electron chi connectivity index (χ0n) is 15.6. The van der Waals surface area contributed by atoms with Crippen molar-refractivity contribution in [3.8, 4) is 0 Å². The van der Waals surface area contributed by atoms with E-state index in [4.69, 9.17) is 10.5 Å². The highest BCUT2D eigenvalue weighted by Gasteiger charge is 2.22. The average molecular weight is 367 g/mol. The summed E-state index contributed by atoms with van der Waals surface area (Å²) in [6.45, 7) is 6.84. The minimum absolute atomic E-state index is 0.193. The molecule has 1 saturated heterocycles. The summed E-state index contributed by atoms with van der Waals surface area (Å²) >= 11 is 0. The van der Waals surface area contributed by atoms with Crippen LogP contribution in [-0.2, 0) is 11.3 Å². The number of hydrogen-bond donors (Lipinski definition) is 2. The molecule has 27 heavy (non-hydrogen) atoms. The second-order valence-electron chi connectivity index (χ2n) is 7.04. The molecule has 0 saturated carbocycles. The van der Waals surface area contributed by atoms with Gasteiger partial charge in [-0.05, 0) is 55.8 Å². The van der Waals surface area contributed by atoms with Crippen molar-refractivity contribution in [2.75, 3.05) is 18.4 Å². The molecule has 2 atom stereocenters. The third-order valence-electron chi connectivity index (χ3n) is 4.54. The number of nitrogens with one attached hydrogen (secondary N) is 1. The molecule has 0 spiro atoms. The molecule has 0 bridgehead atoms. The fraction of sp³-hybridized carbons (Fsp3) is 0.333. The molecule has 2 amide bonds. The van der Waals surface area contributed by atoms with Gasteiger partial charge >= 0.3 is 0 Å². The standard InChI is InChI=1S/C21H25N3O3/c1-14-11-24(12-15(2)27-14)13-16-3-5-18(6-4-16)21(26)23-19-9-7-17(8-10-19)20(22)25/h3-10,14-15H,11-13H2,1-2H3,(H2,22,25)(H,23,26)/t14-,15-/m0/s1. The Hall–Kier alpha value is -2.70. The van der Waals surface area contributed by atoms with Crippen molar-refractivity contribution in [1.82, 2.24) is 4.90 Å². The van der Waals surface area contributed by atoms with E-state index in [-0.39, 0.29) is 18.1 Å². The first kappa shape index (κ1) is 19.1. The Morgan fingerprint density at radius 1 is 1.00 bits per heavy atom. The highest BCUT2D eigenvalue weighted by atomic mass is 16.5. The van der Waals surface area contributed by atoms with Gasteiger partial charge in [0.25, 0.3) is 5.91 Å². The zero-order chi connectivity index (χ0) is 19.4. The summed E-state index contributed by atoms with van der Waals surface area (Å²) in [6.07, 6.45) is 0.472. The Bertz CT molecular complexity index is 792. The quantitative estimate of drug-likeness (QED) is 0.851. The first-order valence-corrected chi connectivity index (χ1v) is 9.08. The summed E-state index contributed by atoms with van der Waals surface area (Å²) in [4.78, 5) is 25.9. The maximum Gasteiger partial charge on any atom is 0.255 e. The number of ether oxygens (including phenoxy) is 1. The Labute approximate surface area is 159 Å². The smallest absolute Gasteiger partial charge is 0.255 e. The fourth-order valence-corrected chi connectivity index (χ4v) is 3.35. The molecule has 1 heterocycles. The largest absolute Gasteiger partial charge is 0.373 e. The van der Waals surface area contributed by atoms with Crippen LogP contribution in [0.4, 0.5) is 5.69 Å². The topological polar surface area (TPSA) is 84.7 Å². The van der Waals surface area contributed by atoms with Gasteiger partial charge in [-0.25, -0.2) is 0 Å². The van der Waals surface area contributed by atoms with Crippen molar-refractivity contribution < 1.29 is 14.3 Å². The lowest BCUT2D eigenvalue weighted by Gasteiger charge is -2.35. The van der Waals surface area contributed by atoms with Crippen LogP contribution in [-0.4, -0.2) is 42.0 Å². The van der Waals surface area contributed by atoms with Crippen LogP contribution in [0.25, 0.3) is 0 Å². The third-order valence-corrected chi connectivity index (χ3v) is 4.54. The van der Waals surface area contributed by atoms with Crippen LogP contribution in [0.15, 0.2) is 48.5 Å². The molecule has 0 unspecified atom stereocenters. The van der Waals surface area contributed by atoms with Crippen molar-refractivity contribution in [3.05, 3.63) is 65.2 Å². The SMILES string of the molecule is C[C@H]1CN(Cc2ccc(C(=O)Nc3ccc(C(N)=O)cc3)cc2)C[C@H](C)O1. The van der Waals surface area contributed by atoms with E-state index in [1.54, 1.807) is 24.3 Å². The van der Waals surface area contributed by atoms with Crippen molar-refractivity contribution >= 4 is 17.5 Å². The van der Waals surface area contributed by atoms with E-state index in [1.807, 2.05) is 24.3 Å². The first-order chi connectivity index (χ1) is 12.9. The first-order valence-electron chi connectivity index (χ1n) is 9.08. The summed E-state index contributed by atoms with van der Waals surface area (Å²) in [7, 11) is 0. The van der Waals surface area contributed by atoms with Gasteiger partial charge in [0.1, 0.15) is 0 Å². The number of amides is 2. The van der Waals surface area contributed by atoms with Crippen molar-refractivity contribution in [2.24, 2.45) is 5.73 Å². The molecule has 6 heteroatoms. The molecule has 2 aromatic carbocycles. The van der Waals surface area contributed by atoms with E-state index < -0.39 is 5.91 Å². The third kappa shape index (κ3) is 5.15. The van der Waals surface area contributed by atoms with Crippen molar-refractivity contribution in [2.45, 2.75) is 32.6 Å². The summed E-state index contributed by atoms with van der Waals surface area (Å²) < 4.78 is 5.76. The van der Waals surface area contributed by atoms with Crippen molar-refractivity contribution in [3.63, 3.8) is 0 Å². The maximum absolute atomic E-state index is 12.4.